The Balaban J connectivity index is 3.98. The number of amides is 1. The van der Waals surface area contributed by atoms with Gasteiger partial charge in [0.15, 0.2) is 0 Å². The molecule has 0 fully saturated rings. The molecule has 0 saturated carbocycles. The second kappa shape index (κ2) is 5.60. The van der Waals surface area contributed by atoms with Crippen LogP contribution in [-0.2, 0) is 4.79 Å². The van der Waals surface area contributed by atoms with Gasteiger partial charge in [-0.25, -0.2) is 0 Å². The first-order valence-corrected chi connectivity index (χ1v) is 4.47. The van der Waals surface area contributed by atoms with Gasteiger partial charge in [0.2, 0.25) is 5.91 Å². The normalized spacial score (nSPS) is 10.2. The number of hydrogen-bond acceptors (Lipinski definition) is 2. The maximum absolute atomic E-state index is 11.5. The molecule has 0 atom stereocenters. The third kappa shape index (κ3) is 4.54. The fourth-order valence-electron chi connectivity index (χ4n) is 0.956. The van der Waals surface area contributed by atoms with Crippen LogP contribution >= 0.6 is 0 Å². The average Bonchev–Trinajstić information content (AvgIpc) is 2.04. The topological polar surface area (TPSA) is 41.1 Å². The Bertz CT molecular complexity index is 223. The first kappa shape index (κ1) is 12.0. The van der Waals surface area contributed by atoms with Gasteiger partial charge in [0.05, 0.1) is 12.1 Å². The lowest BCUT2D eigenvalue weighted by Gasteiger charge is -2.23. The van der Waals surface area contributed by atoms with Gasteiger partial charge in [0.25, 0.3) is 0 Å². The van der Waals surface area contributed by atoms with E-state index >= 15 is 0 Å². The van der Waals surface area contributed by atoms with E-state index in [-0.39, 0.29) is 5.91 Å². The highest BCUT2D eigenvalue weighted by Gasteiger charge is 2.25. The van der Waals surface area contributed by atoms with Gasteiger partial charge in [-0.1, -0.05) is 12.8 Å². The molecule has 74 valence electrons. The van der Waals surface area contributed by atoms with Crippen LogP contribution in [0.3, 0.4) is 0 Å². The van der Waals surface area contributed by atoms with Crippen LogP contribution in [0.4, 0.5) is 0 Å². The monoisotopic (exact) mass is 182 g/mol. The molecule has 0 saturated heterocycles. The van der Waals surface area contributed by atoms with Crippen molar-refractivity contribution in [2.24, 2.45) is 0 Å². The minimum atomic E-state index is -0.510. The minimum Gasteiger partial charge on any atom is -0.344 e. The van der Waals surface area contributed by atoms with Gasteiger partial charge in [-0.15, -0.1) is 5.92 Å². The summed E-state index contributed by atoms with van der Waals surface area (Å²) in [5.74, 6) is 5.49. The quantitative estimate of drug-likeness (QED) is 0.622. The summed E-state index contributed by atoms with van der Waals surface area (Å²) < 4.78 is 0. The average molecular weight is 182 g/mol. The van der Waals surface area contributed by atoms with Gasteiger partial charge in [-0.3, -0.25) is 4.79 Å². The Morgan fingerprint density at radius 1 is 1.46 bits per heavy atom. The van der Waals surface area contributed by atoms with Crippen molar-refractivity contribution in [1.82, 2.24) is 10.6 Å². The number of carbonyl (C=O) groups is 1. The fraction of sp³-hybridized carbons (Fsp3) is 0.700. The van der Waals surface area contributed by atoms with Crippen molar-refractivity contribution in [3.05, 3.63) is 0 Å². The number of rotatable bonds is 4. The lowest BCUT2D eigenvalue weighted by atomic mass is 10.1. The van der Waals surface area contributed by atoms with Gasteiger partial charge in [0, 0.05) is 0 Å². The molecule has 0 aliphatic heterocycles. The maximum atomic E-state index is 11.5. The number of likely N-dealkylation sites (N-methyl/N-ethyl adjacent to an activating group) is 1. The second-order valence-electron chi connectivity index (χ2n) is 3.26. The Morgan fingerprint density at radius 3 is 2.54 bits per heavy atom. The van der Waals surface area contributed by atoms with Crippen LogP contribution in [-0.4, -0.2) is 24.5 Å². The van der Waals surface area contributed by atoms with E-state index in [0.717, 1.165) is 6.54 Å². The van der Waals surface area contributed by atoms with Crippen molar-refractivity contribution < 1.29 is 4.79 Å². The highest BCUT2D eigenvalue weighted by atomic mass is 16.2. The third-order valence-corrected chi connectivity index (χ3v) is 1.70. The summed E-state index contributed by atoms with van der Waals surface area (Å²) in [4.78, 5) is 11.5. The molecule has 0 aromatic rings. The van der Waals surface area contributed by atoms with Crippen molar-refractivity contribution in [2.45, 2.75) is 33.2 Å². The van der Waals surface area contributed by atoms with E-state index < -0.39 is 5.54 Å². The Labute approximate surface area is 80.3 Å². The number of hydrogen-bond donors (Lipinski definition) is 2. The molecule has 1 amide bonds. The van der Waals surface area contributed by atoms with Crippen molar-refractivity contribution in [1.29, 1.82) is 0 Å². The highest BCUT2D eigenvalue weighted by molar-refractivity contribution is 5.85. The first-order chi connectivity index (χ1) is 6.04. The molecule has 0 heterocycles. The smallest absolute Gasteiger partial charge is 0.240 e. The Morgan fingerprint density at radius 2 is 2.08 bits per heavy atom. The molecule has 0 radical (unpaired) electrons. The zero-order valence-corrected chi connectivity index (χ0v) is 8.82. The highest BCUT2D eigenvalue weighted by Crippen LogP contribution is 2.00. The van der Waals surface area contributed by atoms with E-state index in [1.165, 1.54) is 0 Å². The van der Waals surface area contributed by atoms with Gasteiger partial charge in [-0.2, -0.15) is 0 Å². The van der Waals surface area contributed by atoms with Crippen molar-refractivity contribution in [3.8, 4) is 11.8 Å². The predicted molar refractivity (Wildman–Crippen MR) is 54.2 cm³/mol. The fourth-order valence-corrected chi connectivity index (χ4v) is 0.956. The number of carbonyl (C=O) groups excluding carboxylic acids is 1. The zero-order chi connectivity index (χ0) is 10.3. The molecule has 0 unspecified atom stereocenters. The molecule has 0 rings (SSSR count). The van der Waals surface area contributed by atoms with E-state index in [4.69, 9.17) is 0 Å². The summed E-state index contributed by atoms with van der Waals surface area (Å²) >= 11 is 0. The van der Waals surface area contributed by atoms with Crippen LogP contribution in [0, 0.1) is 11.8 Å². The maximum Gasteiger partial charge on any atom is 0.240 e. The summed E-state index contributed by atoms with van der Waals surface area (Å²) in [6.45, 7) is 8.63. The number of nitrogens with one attached hydrogen (secondary N) is 2. The lowest BCUT2D eigenvalue weighted by molar-refractivity contribution is -0.126. The molecule has 0 aliphatic rings. The van der Waals surface area contributed by atoms with E-state index in [1.54, 1.807) is 6.92 Å². The van der Waals surface area contributed by atoms with Crippen LogP contribution in [0.5, 0.6) is 0 Å². The van der Waals surface area contributed by atoms with Gasteiger partial charge < -0.3 is 10.6 Å². The standard InChI is InChI=1S/C10H18N2O/c1-5-7-8-11-9(13)10(3,4)12-6-2/h12H,6,8H2,1-4H3,(H,11,13). The molecule has 0 aromatic carbocycles. The molecule has 3 heteroatoms. The van der Waals surface area contributed by atoms with E-state index in [9.17, 15) is 4.79 Å². The van der Waals surface area contributed by atoms with E-state index in [2.05, 4.69) is 22.5 Å². The zero-order valence-electron chi connectivity index (χ0n) is 8.82. The van der Waals surface area contributed by atoms with Crippen LogP contribution in [0.2, 0.25) is 0 Å². The minimum absolute atomic E-state index is 0.0166. The lowest BCUT2D eigenvalue weighted by Crippen LogP contribution is -2.52. The Hall–Kier alpha value is -1.01. The van der Waals surface area contributed by atoms with Crippen molar-refractivity contribution >= 4 is 5.91 Å². The second-order valence-corrected chi connectivity index (χ2v) is 3.26. The molecular weight excluding hydrogens is 164 g/mol. The van der Waals surface area contributed by atoms with Crippen molar-refractivity contribution in [2.75, 3.05) is 13.1 Å². The third-order valence-electron chi connectivity index (χ3n) is 1.70. The van der Waals surface area contributed by atoms with Crippen LogP contribution in [0.1, 0.15) is 27.7 Å². The summed E-state index contributed by atoms with van der Waals surface area (Å²) in [7, 11) is 0. The molecule has 0 spiro atoms. The summed E-state index contributed by atoms with van der Waals surface area (Å²) in [6, 6.07) is 0. The van der Waals surface area contributed by atoms with E-state index in [0.29, 0.717) is 6.54 Å². The van der Waals surface area contributed by atoms with Crippen LogP contribution in [0.25, 0.3) is 0 Å². The van der Waals surface area contributed by atoms with Crippen molar-refractivity contribution in [3.63, 3.8) is 0 Å². The molecule has 3 nitrogen and oxygen atoms in total. The van der Waals surface area contributed by atoms with Crippen LogP contribution in [0.15, 0.2) is 0 Å². The van der Waals surface area contributed by atoms with Gasteiger partial charge in [-0.05, 0) is 27.3 Å². The van der Waals surface area contributed by atoms with Gasteiger partial charge >= 0.3 is 0 Å². The van der Waals surface area contributed by atoms with E-state index in [1.807, 2.05) is 20.8 Å². The molecule has 2 N–H and O–H groups in total. The first-order valence-electron chi connectivity index (χ1n) is 4.47. The Kier molecular flexibility index (Phi) is 5.17. The SMILES string of the molecule is CC#CCNC(=O)C(C)(C)NCC. The van der Waals surface area contributed by atoms with Crippen LogP contribution < -0.4 is 10.6 Å². The molecule has 0 bridgehead atoms. The summed E-state index contributed by atoms with van der Waals surface area (Å²) in [6.07, 6.45) is 0. The molecular formula is C10H18N2O. The molecule has 0 aromatic heterocycles. The molecule has 0 aliphatic carbocycles. The van der Waals surface area contributed by atoms with Gasteiger partial charge in [0.1, 0.15) is 0 Å². The summed E-state index contributed by atoms with van der Waals surface area (Å²) in [5, 5.41) is 5.82. The predicted octanol–water partition coefficient (Wildman–Crippen LogP) is 0.514. The summed E-state index contributed by atoms with van der Waals surface area (Å²) in [5.41, 5.74) is -0.510. The largest absolute Gasteiger partial charge is 0.344 e. The molecule has 13 heavy (non-hydrogen) atoms.